The molecular weight excluding hydrogens is 353 g/mol. The maximum absolute atomic E-state index is 13.5. The fourth-order valence-electron chi connectivity index (χ4n) is 1.70. The Morgan fingerprint density at radius 1 is 1.14 bits per heavy atom. The van der Waals surface area contributed by atoms with Crippen LogP contribution in [0.4, 0.5) is 24.5 Å². The van der Waals surface area contributed by atoms with E-state index in [1.807, 2.05) is 0 Å². The number of benzene rings is 2. The van der Waals surface area contributed by atoms with Crippen LogP contribution in [0.5, 0.6) is 0 Å². The Morgan fingerprint density at radius 3 is 2.52 bits per heavy atom. The summed E-state index contributed by atoms with van der Waals surface area (Å²) in [5, 5.41) is 13.3. The van der Waals surface area contributed by atoms with Gasteiger partial charge in [-0.2, -0.15) is 0 Å². The molecule has 0 saturated heterocycles. The zero-order valence-corrected chi connectivity index (χ0v) is 12.0. The molecule has 0 fully saturated rings. The molecule has 1 N–H and O–H groups in total. The fraction of sp³-hybridized carbons (Fsp3) is 0.0769. The molecule has 8 heteroatoms. The van der Waals surface area contributed by atoms with E-state index < -0.39 is 22.4 Å². The molecule has 0 saturated carbocycles. The molecule has 4 nitrogen and oxygen atoms in total. The number of rotatable bonds is 4. The number of nitrogens with zero attached hydrogens (tertiary/aromatic N) is 1. The van der Waals surface area contributed by atoms with Crippen molar-refractivity contribution in [1.29, 1.82) is 0 Å². The SMILES string of the molecule is O=[N+]([O-])c1cc(Br)cc(CNc2ccc(F)c(F)c2F)c1. The van der Waals surface area contributed by atoms with Gasteiger partial charge in [0, 0.05) is 23.2 Å². The quantitative estimate of drug-likeness (QED) is 0.499. The molecule has 0 aliphatic heterocycles. The summed E-state index contributed by atoms with van der Waals surface area (Å²) in [4.78, 5) is 10.2. The fourth-order valence-corrected chi connectivity index (χ4v) is 2.23. The molecule has 0 unspecified atom stereocenters. The highest BCUT2D eigenvalue weighted by Gasteiger charge is 2.14. The van der Waals surface area contributed by atoms with Crippen LogP contribution in [0.15, 0.2) is 34.8 Å². The van der Waals surface area contributed by atoms with E-state index in [2.05, 4.69) is 21.2 Å². The van der Waals surface area contributed by atoms with Crippen molar-refractivity contribution in [2.45, 2.75) is 6.54 Å². The molecule has 0 bridgehead atoms. The zero-order chi connectivity index (χ0) is 15.6. The van der Waals surface area contributed by atoms with Crippen LogP contribution >= 0.6 is 15.9 Å². The predicted molar refractivity (Wildman–Crippen MR) is 74.4 cm³/mol. The van der Waals surface area contributed by atoms with Crippen molar-refractivity contribution in [2.24, 2.45) is 0 Å². The zero-order valence-electron chi connectivity index (χ0n) is 10.4. The van der Waals surface area contributed by atoms with Crippen LogP contribution < -0.4 is 5.32 Å². The second-order valence-electron chi connectivity index (χ2n) is 4.15. The molecular formula is C13H8BrF3N2O2. The van der Waals surface area contributed by atoms with Gasteiger partial charge in [0.15, 0.2) is 17.5 Å². The average Bonchev–Trinajstić information content (AvgIpc) is 2.43. The number of hydrogen-bond acceptors (Lipinski definition) is 3. The third-order valence-corrected chi connectivity index (χ3v) is 3.13. The van der Waals surface area contributed by atoms with Crippen LogP contribution in [0.3, 0.4) is 0 Å². The Bertz CT molecular complexity index is 710. The second kappa shape index (κ2) is 6.13. The van der Waals surface area contributed by atoms with E-state index in [1.54, 1.807) is 6.07 Å². The monoisotopic (exact) mass is 360 g/mol. The van der Waals surface area contributed by atoms with Crippen molar-refractivity contribution in [1.82, 2.24) is 0 Å². The lowest BCUT2D eigenvalue weighted by Crippen LogP contribution is -2.04. The summed E-state index contributed by atoms with van der Waals surface area (Å²) in [6.45, 7) is 0.0161. The molecule has 2 aromatic rings. The van der Waals surface area contributed by atoms with Crippen LogP contribution in [-0.2, 0) is 6.54 Å². The average molecular weight is 361 g/mol. The molecule has 2 aromatic carbocycles. The van der Waals surface area contributed by atoms with Gasteiger partial charge < -0.3 is 5.32 Å². The molecule has 0 amide bonds. The van der Waals surface area contributed by atoms with E-state index in [0.717, 1.165) is 12.1 Å². The Balaban J connectivity index is 2.21. The van der Waals surface area contributed by atoms with E-state index in [-0.39, 0.29) is 17.9 Å². The Labute approximate surface area is 125 Å². The van der Waals surface area contributed by atoms with Crippen molar-refractivity contribution in [3.8, 4) is 0 Å². The van der Waals surface area contributed by atoms with Gasteiger partial charge in [0.2, 0.25) is 0 Å². The number of non-ortho nitro benzene ring substituents is 1. The van der Waals surface area contributed by atoms with Crippen molar-refractivity contribution >= 4 is 27.3 Å². The Hall–Kier alpha value is -2.09. The van der Waals surface area contributed by atoms with E-state index in [4.69, 9.17) is 0 Å². The molecule has 110 valence electrons. The van der Waals surface area contributed by atoms with Crippen LogP contribution in [-0.4, -0.2) is 4.92 Å². The Morgan fingerprint density at radius 2 is 1.86 bits per heavy atom. The lowest BCUT2D eigenvalue weighted by molar-refractivity contribution is -0.385. The van der Waals surface area contributed by atoms with E-state index in [0.29, 0.717) is 10.0 Å². The molecule has 2 rings (SSSR count). The highest BCUT2D eigenvalue weighted by molar-refractivity contribution is 9.10. The van der Waals surface area contributed by atoms with Crippen molar-refractivity contribution in [2.75, 3.05) is 5.32 Å². The number of hydrogen-bond donors (Lipinski definition) is 1. The van der Waals surface area contributed by atoms with Gasteiger partial charge in [-0.25, -0.2) is 13.2 Å². The molecule has 0 radical (unpaired) electrons. The minimum absolute atomic E-state index is 0.0161. The maximum Gasteiger partial charge on any atom is 0.270 e. The number of anilines is 1. The number of nitro benzene ring substituents is 1. The topological polar surface area (TPSA) is 55.2 Å². The third-order valence-electron chi connectivity index (χ3n) is 2.67. The lowest BCUT2D eigenvalue weighted by Gasteiger charge is -2.09. The molecule has 0 aromatic heterocycles. The molecule has 0 spiro atoms. The molecule has 0 atom stereocenters. The summed E-state index contributed by atoms with van der Waals surface area (Å²) in [5.74, 6) is -4.18. The van der Waals surface area contributed by atoms with Gasteiger partial charge in [0.05, 0.1) is 10.6 Å². The smallest absolute Gasteiger partial charge is 0.270 e. The predicted octanol–water partition coefficient (Wildman–Crippen LogP) is 4.39. The molecule has 0 heterocycles. The van der Waals surface area contributed by atoms with Gasteiger partial charge in [0.25, 0.3) is 5.69 Å². The number of nitro groups is 1. The van der Waals surface area contributed by atoms with E-state index in [9.17, 15) is 23.3 Å². The first kappa shape index (κ1) is 15.3. The summed E-state index contributed by atoms with van der Waals surface area (Å²) in [6.07, 6.45) is 0. The number of nitrogens with one attached hydrogen (secondary N) is 1. The van der Waals surface area contributed by atoms with Gasteiger partial charge in [-0.3, -0.25) is 10.1 Å². The largest absolute Gasteiger partial charge is 0.379 e. The summed E-state index contributed by atoms with van der Waals surface area (Å²) in [5.41, 5.74) is 0.128. The highest BCUT2D eigenvalue weighted by Crippen LogP contribution is 2.24. The Kier molecular flexibility index (Phi) is 4.46. The number of halogens is 4. The van der Waals surface area contributed by atoms with Gasteiger partial charge in [-0.05, 0) is 23.8 Å². The maximum atomic E-state index is 13.5. The second-order valence-corrected chi connectivity index (χ2v) is 5.07. The summed E-state index contributed by atoms with van der Waals surface area (Å²) in [6, 6.07) is 6.07. The summed E-state index contributed by atoms with van der Waals surface area (Å²) in [7, 11) is 0. The van der Waals surface area contributed by atoms with Crippen molar-refractivity contribution in [3.05, 3.63) is 67.9 Å². The van der Waals surface area contributed by atoms with Crippen LogP contribution in [0, 0.1) is 27.6 Å². The first-order valence-corrected chi connectivity index (χ1v) is 6.49. The standard InChI is InChI=1S/C13H8BrF3N2O2/c14-8-3-7(4-9(5-8)19(20)21)6-18-11-2-1-10(15)12(16)13(11)17/h1-5,18H,6H2. The van der Waals surface area contributed by atoms with E-state index in [1.165, 1.54) is 12.1 Å². The highest BCUT2D eigenvalue weighted by atomic mass is 79.9. The minimum Gasteiger partial charge on any atom is -0.379 e. The van der Waals surface area contributed by atoms with E-state index >= 15 is 0 Å². The summed E-state index contributed by atoms with van der Waals surface area (Å²) < 4.78 is 39.8. The molecule has 0 aliphatic rings. The molecule has 21 heavy (non-hydrogen) atoms. The minimum atomic E-state index is -1.57. The van der Waals surface area contributed by atoms with Crippen molar-refractivity contribution in [3.63, 3.8) is 0 Å². The van der Waals surface area contributed by atoms with Crippen LogP contribution in [0.25, 0.3) is 0 Å². The lowest BCUT2D eigenvalue weighted by atomic mass is 10.2. The van der Waals surface area contributed by atoms with Crippen molar-refractivity contribution < 1.29 is 18.1 Å². The normalized spacial score (nSPS) is 10.5. The van der Waals surface area contributed by atoms with Gasteiger partial charge in [0.1, 0.15) is 0 Å². The first-order chi connectivity index (χ1) is 9.88. The van der Waals surface area contributed by atoms with Gasteiger partial charge in [-0.15, -0.1) is 0 Å². The third kappa shape index (κ3) is 3.52. The van der Waals surface area contributed by atoms with Gasteiger partial charge in [-0.1, -0.05) is 15.9 Å². The van der Waals surface area contributed by atoms with Crippen LogP contribution in [0.1, 0.15) is 5.56 Å². The van der Waals surface area contributed by atoms with Gasteiger partial charge >= 0.3 is 0 Å². The van der Waals surface area contributed by atoms with Crippen LogP contribution in [0.2, 0.25) is 0 Å². The molecule has 0 aliphatic carbocycles. The first-order valence-electron chi connectivity index (χ1n) is 5.69. The summed E-state index contributed by atoms with van der Waals surface area (Å²) >= 11 is 3.13.